The number of ketones is 1. The Morgan fingerprint density at radius 1 is 1.50 bits per heavy atom. The number of methoxy groups -OCH3 is 1. The molecular weight excluding hydrogens is 252 g/mol. The Bertz CT molecular complexity index is 578. The van der Waals surface area contributed by atoms with Crippen LogP contribution in [0.4, 0.5) is 0 Å². The minimum atomic E-state index is -0.0437. The number of benzene rings is 1. The molecule has 1 aromatic carbocycles. The van der Waals surface area contributed by atoms with Gasteiger partial charge in [-0.2, -0.15) is 0 Å². The number of imidazole rings is 1. The molecule has 1 heterocycles. The molecule has 4 nitrogen and oxygen atoms in total. The summed E-state index contributed by atoms with van der Waals surface area (Å²) in [7, 11) is 3.37. The van der Waals surface area contributed by atoms with Gasteiger partial charge in [0.15, 0.2) is 5.78 Å². The minimum absolute atomic E-state index is 0.0437. The first kappa shape index (κ1) is 12.6. The van der Waals surface area contributed by atoms with Crippen molar-refractivity contribution in [2.75, 3.05) is 7.11 Å². The first-order chi connectivity index (χ1) is 8.61. The maximum Gasteiger partial charge on any atom is 0.174 e. The summed E-state index contributed by atoms with van der Waals surface area (Å²) < 4.78 is 6.98. The van der Waals surface area contributed by atoms with Crippen LogP contribution in [0.5, 0.6) is 5.75 Å². The summed E-state index contributed by atoms with van der Waals surface area (Å²) in [4.78, 5) is 16.3. The van der Waals surface area contributed by atoms with Crippen molar-refractivity contribution in [1.82, 2.24) is 9.55 Å². The monoisotopic (exact) mass is 264 g/mol. The third kappa shape index (κ3) is 2.54. The smallest absolute Gasteiger partial charge is 0.174 e. The SMILES string of the molecule is COc1cc(Cl)ccc1C(=O)Cc1nccn1C. The van der Waals surface area contributed by atoms with E-state index in [1.165, 1.54) is 7.11 Å². The second-order valence-corrected chi connectivity index (χ2v) is 4.34. The lowest BCUT2D eigenvalue weighted by atomic mass is 10.1. The third-order valence-corrected chi connectivity index (χ3v) is 2.94. The van der Waals surface area contributed by atoms with Crippen molar-refractivity contribution >= 4 is 17.4 Å². The normalized spacial score (nSPS) is 10.4. The fourth-order valence-electron chi connectivity index (χ4n) is 1.70. The molecule has 0 aliphatic heterocycles. The molecular formula is C13H13ClN2O2. The van der Waals surface area contributed by atoms with Gasteiger partial charge >= 0.3 is 0 Å². The maximum absolute atomic E-state index is 12.2. The Hall–Kier alpha value is -1.81. The lowest BCUT2D eigenvalue weighted by molar-refractivity contribution is 0.0987. The van der Waals surface area contributed by atoms with Gasteiger partial charge in [0.1, 0.15) is 11.6 Å². The van der Waals surface area contributed by atoms with Crippen LogP contribution in [0.25, 0.3) is 0 Å². The number of carbonyl (C=O) groups excluding carboxylic acids is 1. The number of ether oxygens (including phenoxy) is 1. The van der Waals surface area contributed by atoms with Gasteiger partial charge in [-0.15, -0.1) is 0 Å². The summed E-state index contributed by atoms with van der Waals surface area (Å²) >= 11 is 5.86. The van der Waals surface area contributed by atoms with Crippen LogP contribution in [-0.4, -0.2) is 22.4 Å². The molecule has 0 N–H and O–H groups in total. The van der Waals surface area contributed by atoms with Gasteiger partial charge in [0, 0.05) is 24.5 Å². The fraction of sp³-hybridized carbons (Fsp3) is 0.231. The molecule has 94 valence electrons. The van der Waals surface area contributed by atoms with Crippen LogP contribution >= 0.6 is 11.6 Å². The maximum atomic E-state index is 12.2. The highest BCUT2D eigenvalue weighted by Gasteiger charge is 2.15. The number of hydrogen-bond donors (Lipinski definition) is 0. The first-order valence-corrected chi connectivity index (χ1v) is 5.82. The molecule has 1 aromatic heterocycles. The van der Waals surface area contributed by atoms with E-state index in [0.29, 0.717) is 16.3 Å². The van der Waals surface area contributed by atoms with Crippen molar-refractivity contribution in [3.63, 3.8) is 0 Å². The van der Waals surface area contributed by atoms with Crippen molar-refractivity contribution in [1.29, 1.82) is 0 Å². The van der Waals surface area contributed by atoms with Crippen molar-refractivity contribution in [2.45, 2.75) is 6.42 Å². The Kier molecular flexibility index (Phi) is 3.67. The van der Waals surface area contributed by atoms with Crippen molar-refractivity contribution in [3.8, 4) is 5.75 Å². The molecule has 0 saturated carbocycles. The number of Topliss-reactive ketones (excluding diaryl/α,β-unsaturated/α-hetero) is 1. The molecule has 5 heteroatoms. The predicted molar refractivity (Wildman–Crippen MR) is 69.2 cm³/mol. The highest BCUT2D eigenvalue weighted by molar-refractivity contribution is 6.30. The molecule has 0 atom stereocenters. The van der Waals surface area contributed by atoms with Crippen LogP contribution in [0.15, 0.2) is 30.6 Å². The van der Waals surface area contributed by atoms with Gasteiger partial charge < -0.3 is 9.30 Å². The summed E-state index contributed by atoms with van der Waals surface area (Å²) in [5, 5.41) is 0.542. The van der Waals surface area contributed by atoms with Gasteiger partial charge in [-0.05, 0) is 18.2 Å². The van der Waals surface area contributed by atoms with E-state index in [9.17, 15) is 4.79 Å². The molecule has 0 saturated heterocycles. The molecule has 18 heavy (non-hydrogen) atoms. The molecule has 2 aromatic rings. The van der Waals surface area contributed by atoms with Crippen LogP contribution < -0.4 is 4.74 Å². The molecule has 2 rings (SSSR count). The average Bonchev–Trinajstić information content (AvgIpc) is 2.74. The summed E-state index contributed by atoms with van der Waals surface area (Å²) in [6.45, 7) is 0. The van der Waals surface area contributed by atoms with Gasteiger partial charge in [-0.25, -0.2) is 4.98 Å². The zero-order valence-electron chi connectivity index (χ0n) is 10.2. The predicted octanol–water partition coefficient (Wildman–Crippen LogP) is 2.51. The number of rotatable bonds is 4. The number of aromatic nitrogens is 2. The van der Waals surface area contributed by atoms with E-state index in [2.05, 4.69) is 4.98 Å². The largest absolute Gasteiger partial charge is 0.496 e. The van der Waals surface area contributed by atoms with Crippen LogP contribution in [-0.2, 0) is 13.5 Å². The first-order valence-electron chi connectivity index (χ1n) is 5.44. The van der Waals surface area contributed by atoms with E-state index in [0.717, 1.165) is 5.82 Å². The van der Waals surface area contributed by atoms with Crippen LogP contribution in [0.1, 0.15) is 16.2 Å². The number of carbonyl (C=O) groups is 1. The topological polar surface area (TPSA) is 44.1 Å². The second-order valence-electron chi connectivity index (χ2n) is 3.90. The minimum Gasteiger partial charge on any atom is -0.496 e. The zero-order valence-corrected chi connectivity index (χ0v) is 10.9. The zero-order chi connectivity index (χ0) is 13.1. The van der Waals surface area contributed by atoms with Crippen LogP contribution in [0.2, 0.25) is 5.02 Å². The molecule has 0 unspecified atom stereocenters. The summed E-state index contributed by atoms with van der Waals surface area (Å²) in [5.74, 6) is 1.16. The lowest BCUT2D eigenvalue weighted by Crippen LogP contribution is -2.09. The number of aryl methyl sites for hydroxylation is 1. The second kappa shape index (κ2) is 5.23. The van der Waals surface area contributed by atoms with Crippen LogP contribution in [0, 0.1) is 0 Å². The highest BCUT2D eigenvalue weighted by Crippen LogP contribution is 2.24. The molecule has 0 amide bonds. The van der Waals surface area contributed by atoms with Gasteiger partial charge in [0.05, 0.1) is 19.1 Å². The Labute approximate surface area is 110 Å². The van der Waals surface area contributed by atoms with Crippen molar-refractivity contribution in [2.24, 2.45) is 7.05 Å². The average molecular weight is 265 g/mol. The summed E-state index contributed by atoms with van der Waals surface area (Å²) in [5.41, 5.74) is 0.518. The van der Waals surface area contributed by atoms with Crippen molar-refractivity contribution in [3.05, 3.63) is 47.0 Å². The van der Waals surface area contributed by atoms with E-state index < -0.39 is 0 Å². The third-order valence-electron chi connectivity index (χ3n) is 2.70. The summed E-state index contributed by atoms with van der Waals surface area (Å²) in [6.07, 6.45) is 3.71. The Morgan fingerprint density at radius 3 is 2.89 bits per heavy atom. The molecule has 0 aliphatic rings. The van der Waals surface area contributed by atoms with E-state index in [1.54, 1.807) is 24.4 Å². The Balaban J connectivity index is 2.26. The lowest BCUT2D eigenvalue weighted by Gasteiger charge is -2.08. The van der Waals surface area contributed by atoms with Gasteiger partial charge in [-0.3, -0.25) is 4.79 Å². The highest BCUT2D eigenvalue weighted by atomic mass is 35.5. The number of halogens is 1. The molecule has 0 fully saturated rings. The van der Waals surface area contributed by atoms with E-state index in [-0.39, 0.29) is 12.2 Å². The van der Waals surface area contributed by atoms with Crippen LogP contribution in [0.3, 0.4) is 0 Å². The number of nitrogens with zero attached hydrogens (tertiary/aromatic N) is 2. The summed E-state index contributed by atoms with van der Waals surface area (Å²) in [6, 6.07) is 4.98. The van der Waals surface area contributed by atoms with E-state index >= 15 is 0 Å². The van der Waals surface area contributed by atoms with Crippen molar-refractivity contribution < 1.29 is 9.53 Å². The number of hydrogen-bond acceptors (Lipinski definition) is 3. The standard InChI is InChI=1S/C13H13ClN2O2/c1-16-6-5-15-13(16)8-11(17)10-4-3-9(14)7-12(10)18-2/h3-7H,8H2,1-2H3. The van der Waals surface area contributed by atoms with E-state index in [1.807, 2.05) is 17.8 Å². The van der Waals surface area contributed by atoms with Gasteiger partial charge in [-0.1, -0.05) is 11.6 Å². The Morgan fingerprint density at radius 2 is 2.28 bits per heavy atom. The molecule has 0 bridgehead atoms. The van der Waals surface area contributed by atoms with Gasteiger partial charge in [0.25, 0.3) is 0 Å². The fourth-order valence-corrected chi connectivity index (χ4v) is 1.86. The molecule has 0 radical (unpaired) electrons. The van der Waals surface area contributed by atoms with E-state index in [4.69, 9.17) is 16.3 Å². The molecule has 0 aliphatic carbocycles. The van der Waals surface area contributed by atoms with Gasteiger partial charge in [0.2, 0.25) is 0 Å². The molecule has 0 spiro atoms. The quantitative estimate of drug-likeness (QED) is 0.797.